The first kappa shape index (κ1) is 23.1. The lowest BCUT2D eigenvalue weighted by molar-refractivity contribution is 0.0998. The molecule has 1 aliphatic rings. The Morgan fingerprint density at radius 1 is 1.00 bits per heavy atom. The third-order valence-electron chi connectivity index (χ3n) is 5.80. The predicted octanol–water partition coefficient (Wildman–Crippen LogP) is 5.43. The number of aromatic nitrogens is 1. The van der Waals surface area contributed by atoms with Gasteiger partial charge in [-0.1, -0.05) is 52.7 Å². The summed E-state index contributed by atoms with van der Waals surface area (Å²) in [7, 11) is -1.99. The number of carbonyl (C=O) groups is 1. The Labute approximate surface area is 210 Å². The van der Waals surface area contributed by atoms with Crippen LogP contribution in [0.25, 0.3) is 10.2 Å². The van der Waals surface area contributed by atoms with Gasteiger partial charge in [0.25, 0.3) is 15.9 Å². The molecule has 3 aromatic carbocycles. The summed E-state index contributed by atoms with van der Waals surface area (Å²) in [6.07, 6.45) is 1.61. The zero-order valence-corrected chi connectivity index (χ0v) is 21.2. The van der Waals surface area contributed by atoms with E-state index in [2.05, 4.69) is 4.99 Å². The molecule has 4 aromatic rings. The van der Waals surface area contributed by atoms with Crippen LogP contribution in [0.1, 0.15) is 22.3 Å². The van der Waals surface area contributed by atoms with Crippen molar-refractivity contribution >= 4 is 66.4 Å². The Morgan fingerprint density at radius 3 is 2.44 bits per heavy atom. The molecule has 1 aliphatic heterocycles. The number of amides is 1. The molecule has 34 heavy (non-hydrogen) atoms. The second kappa shape index (κ2) is 8.85. The number of carbonyl (C=O) groups excluding carboxylic acids is 1. The fourth-order valence-electron chi connectivity index (χ4n) is 4.08. The quantitative estimate of drug-likeness (QED) is 0.353. The summed E-state index contributed by atoms with van der Waals surface area (Å²) in [6, 6.07) is 16.8. The van der Waals surface area contributed by atoms with Crippen LogP contribution in [0.15, 0.2) is 70.6 Å². The van der Waals surface area contributed by atoms with E-state index in [-0.39, 0.29) is 10.5 Å². The average Bonchev–Trinajstić information content (AvgIpc) is 3.18. The molecule has 6 nitrogen and oxygen atoms in total. The average molecular weight is 532 g/mol. The molecule has 0 aliphatic carbocycles. The zero-order valence-electron chi connectivity index (χ0n) is 18.0. The highest BCUT2D eigenvalue weighted by atomic mass is 35.5. The van der Waals surface area contributed by atoms with Gasteiger partial charge in [-0.15, -0.1) is 0 Å². The van der Waals surface area contributed by atoms with E-state index in [1.165, 1.54) is 39.9 Å². The Kier molecular flexibility index (Phi) is 6.02. The minimum Gasteiger partial charge on any atom is -0.318 e. The molecule has 2 heterocycles. The summed E-state index contributed by atoms with van der Waals surface area (Å²) in [5.74, 6) is -0.485. The van der Waals surface area contributed by atoms with Gasteiger partial charge in [0.1, 0.15) is 0 Å². The van der Waals surface area contributed by atoms with E-state index in [0.29, 0.717) is 32.6 Å². The number of halogens is 2. The maximum absolute atomic E-state index is 13.3. The van der Waals surface area contributed by atoms with Gasteiger partial charge in [-0.3, -0.25) is 9.10 Å². The van der Waals surface area contributed by atoms with Crippen molar-refractivity contribution in [3.05, 3.63) is 86.6 Å². The molecule has 0 fully saturated rings. The van der Waals surface area contributed by atoms with Crippen LogP contribution in [-0.4, -0.2) is 25.4 Å². The molecule has 5 rings (SSSR count). The topological polar surface area (TPSA) is 71.7 Å². The third kappa shape index (κ3) is 3.94. The summed E-state index contributed by atoms with van der Waals surface area (Å²) in [5, 5.41) is 1.05. The van der Waals surface area contributed by atoms with E-state index in [1.807, 2.05) is 24.3 Å². The largest absolute Gasteiger partial charge is 0.318 e. The van der Waals surface area contributed by atoms with Gasteiger partial charge in [0, 0.05) is 19.2 Å². The van der Waals surface area contributed by atoms with Crippen LogP contribution < -0.4 is 9.11 Å². The van der Waals surface area contributed by atoms with Crippen molar-refractivity contribution < 1.29 is 13.2 Å². The highest BCUT2D eigenvalue weighted by Gasteiger charge is 2.29. The van der Waals surface area contributed by atoms with Crippen molar-refractivity contribution in [2.24, 2.45) is 12.0 Å². The van der Waals surface area contributed by atoms with Crippen LogP contribution in [0, 0.1) is 0 Å². The summed E-state index contributed by atoms with van der Waals surface area (Å²) < 4.78 is 30.5. The number of nitrogens with zero attached hydrogens (tertiary/aromatic N) is 3. The van der Waals surface area contributed by atoms with Crippen molar-refractivity contribution in [3.63, 3.8) is 0 Å². The first-order valence-corrected chi connectivity index (χ1v) is 13.5. The second-order valence-corrected chi connectivity index (χ2v) is 11.6. The highest BCUT2D eigenvalue weighted by molar-refractivity contribution is 7.92. The van der Waals surface area contributed by atoms with Crippen LogP contribution in [0.5, 0.6) is 0 Å². The highest BCUT2D eigenvalue weighted by Crippen LogP contribution is 2.33. The molecular weight excluding hydrogens is 513 g/mol. The monoisotopic (exact) mass is 531 g/mol. The number of hydrogen-bond acceptors (Lipinski definition) is 4. The molecule has 10 heteroatoms. The van der Waals surface area contributed by atoms with Gasteiger partial charge in [0.15, 0.2) is 4.80 Å². The van der Waals surface area contributed by atoms with E-state index in [0.717, 1.165) is 23.1 Å². The SMILES string of the molecule is Cn1c(=NC(=O)c2ccc(S(=O)(=O)N3CCCc4ccccc43)cc2)sc2c(Cl)ccc(Cl)c21. The lowest BCUT2D eigenvalue weighted by atomic mass is 10.0. The molecule has 0 saturated carbocycles. The van der Waals surface area contributed by atoms with Crippen molar-refractivity contribution in [3.8, 4) is 0 Å². The van der Waals surface area contributed by atoms with Crippen molar-refractivity contribution in [2.45, 2.75) is 17.7 Å². The number of hydrogen-bond donors (Lipinski definition) is 0. The van der Waals surface area contributed by atoms with Gasteiger partial charge in [-0.25, -0.2) is 8.42 Å². The predicted molar refractivity (Wildman–Crippen MR) is 136 cm³/mol. The van der Waals surface area contributed by atoms with Crippen molar-refractivity contribution in [2.75, 3.05) is 10.8 Å². The minimum atomic E-state index is -3.75. The Morgan fingerprint density at radius 2 is 1.71 bits per heavy atom. The molecule has 0 N–H and O–H groups in total. The molecular formula is C24H19Cl2N3O3S2. The summed E-state index contributed by atoms with van der Waals surface area (Å²) in [5.41, 5.74) is 2.71. The van der Waals surface area contributed by atoms with Crippen LogP contribution in [0.2, 0.25) is 10.0 Å². The maximum atomic E-state index is 13.3. The number of benzene rings is 3. The van der Waals surface area contributed by atoms with Crippen LogP contribution in [0.4, 0.5) is 5.69 Å². The van der Waals surface area contributed by atoms with E-state index in [1.54, 1.807) is 23.7 Å². The molecule has 0 radical (unpaired) electrons. The number of rotatable bonds is 3. The Hall–Kier alpha value is -2.65. The summed E-state index contributed by atoms with van der Waals surface area (Å²) in [4.78, 5) is 17.6. The molecule has 0 atom stereocenters. The molecule has 1 amide bonds. The maximum Gasteiger partial charge on any atom is 0.279 e. The summed E-state index contributed by atoms with van der Waals surface area (Å²) in [6.45, 7) is 0.420. The van der Waals surface area contributed by atoms with Gasteiger partial charge >= 0.3 is 0 Å². The van der Waals surface area contributed by atoms with E-state index < -0.39 is 15.9 Å². The molecule has 0 spiro atoms. The van der Waals surface area contributed by atoms with Gasteiger partial charge < -0.3 is 4.57 Å². The van der Waals surface area contributed by atoms with E-state index >= 15 is 0 Å². The van der Waals surface area contributed by atoms with Gasteiger partial charge in [0.2, 0.25) is 0 Å². The van der Waals surface area contributed by atoms with Gasteiger partial charge in [-0.05, 0) is 60.9 Å². The fraction of sp³-hybridized carbons (Fsp3) is 0.167. The standard InChI is InChI=1S/C24H19Cl2N3O3S2/c1-28-21-18(25)12-13-19(26)22(21)33-24(28)27-23(30)16-8-10-17(11-9-16)34(31,32)29-14-4-6-15-5-2-3-7-20(15)29/h2-3,5,7-13H,4,6,14H2,1H3. The number of fused-ring (bicyclic) bond motifs is 2. The molecule has 174 valence electrons. The lowest BCUT2D eigenvalue weighted by Gasteiger charge is -2.30. The van der Waals surface area contributed by atoms with E-state index in [9.17, 15) is 13.2 Å². The van der Waals surface area contributed by atoms with Crippen LogP contribution >= 0.6 is 34.5 Å². The molecule has 0 bridgehead atoms. The normalized spacial score (nSPS) is 14.4. The number of para-hydroxylation sites is 1. The smallest absolute Gasteiger partial charge is 0.279 e. The van der Waals surface area contributed by atoms with Crippen molar-refractivity contribution in [1.29, 1.82) is 0 Å². The number of thiazole rings is 1. The Bertz CT molecular complexity index is 1610. The third-order valence-corrected chi connectivity index (χ3v) is 9.53. The number of anilines is 1. The number of aryl methyl sites for hydroxylation is 2. The lowest BCUT2D eigenvalue weighted by Crippen LogP contribution is -2.35. The minimum absolute atomic E-state index is 0.131. The molecule has 0 unspecified atom stereocenters. The van der Waals surface area contributed by atoms with Crippen LogP contribution in [0.3, 0.4) is 0 Å². The number of sulfonamides is 1. The zero-order chi connectivity index (χ0) is 24.0. The van der Waals surface area contributed by atoms with Gasteiger partial charge in [-0.2, -0.15) is 4.99 Å². The van der Waals surface area contributed by atoms with E-state index in [4.69, 9.17) is 23.2 Å². The first-order chi connectivity index (χ1) is 16.3. The first-order valence-electron chi connectivity index (χ1n) is 10.5. The van der Waals surface area contributed by atoms with Crippen LogP contribution in [-0.2, 0) is 23.5 Å². The molecule has 0 saturated heterocycles. The molecule has 1 aromatic heterocycles. The van der Waals surface area contributed by atoms with Gasteiger partial charge in [0.05, 0.1) is 30.8 Å². The van der Waals surface area contributed by atoms with Crippen molar-refractivity contribution in [1.82, 2.24) is 4.57 Å². The second-order valence-electron chi connectivity index (χ2n) is 7.90. The Balaban J connectivity index is 1.47. The summed E-state index contributed by atoms with van der Waals surface area (Å²) >= 11 is 13.8. The fourth-order valence-corrected chi connectivity index (χ4v) is 7.28.